The predicted molar refractivity (Wildman–Crippen MR) is 139 cm³/mol. The molecule has 3 aromatic carbocycles. The summed E-state index contributed by atoms with van der Waals surface area (Å²) in [7, 11) is 0. The average Bonchev–Trinajstić information content (AvgIpc) is 3.52. The molecule has 0 bridgehead atoms. The van der Waals surface area contributed by atoms with Gasteiger partial charge in [-0.2, -0.15) is 8.75 Å². The van der Waals surface area contributed by atoms with Crippen molar-refractivity contribution in [1.29, 1.82) is 0 Å². The standard InChI is InChI=1S/C27H22N4O5S/c1-15-23(28-27(34)35-16(2)18-6-4-3-5-7-18)26(36-29-15)21-13-12-20(24-25(21)31-37-30-24)19-10-8-17(9-11-19)14-22(32)33/h3-13,16H,14H2,1-2H3,(H,28,34)(H,32,33). The van der Waals surface area contributed by atoms with Crippen molar-refractivity contribution in [2.45, 2.75) is 26.4 Å². The quantitative estimate of drug-likeness (QED) is 0.261. The van der Waals surface area contributed by atoms with Crippen molar-refractivity contribution < 1.29 is 24.0 Å². The number of nitrogens with zero attached hydrogens (tertiary/aromatic N) is 3. The van der Waals surface area contributed by atoms with Gasteiger partial charge in [0, 0.05) is 5.56 Å². The number of aliphatic carboxylic acids is 1. The van der Waals surface area contributed by atoms with Crippen LogP contribution < -0.4 is 5.32 Å². The summed E-state index contributed by atoms with van der Waals surface area (Å²) in [5, 5.41) is 15.8. The van der Waals surface area contributed by atoms with E-state index in [4.69, 9.17) is 14.4 Å². The zero-order valence-corrected chi connectivity index (χ0v) is 20.8. The molecule has 2 N–H and O–H groups in total. The smallest absolute Gasteiger partial charge is 0.412 e. The maximum absolute atomic E-state index is 12.7. The van der Waals surface area contributed by atoms with Crippen LogP contribution >= 0.6 is 11.7 Å². The molecule has 0 saturated carbocycles. The number of nitrogens with one attached hydrogen (secondary N) is 1. The Kier molecular flexibility index (Phi) is 6.65. The number of amides is 1. The number of carboxylic acid groups (broad SMARTS) is 1. The lowest BCUT2D eigenvalue weighted by Crippen LogP contribution is -2.16. The Morgan fingerprint density at radius 2 is 1.68 bits per heavy atom. The van der Waals surface area contributed by atoms with Crippen molar-refractivity contribution in [1.82, 2.24) is 13.9 Å². The summed E-state index contributed by atoms with van der Waals surface area (Å²) < 4.78 is 20.1. The molecule has 2 heterocycles. The van der Waals surface area contributed by atoms with Crippen LogP contribution in [0.15, 0.2) is 71.3 Å². The molecule has 0 fully saturated rings. The summed E-state index contributed by atoms with van der Waals surface area (Å²) >= 11 is 1.06. The topological polar surface area (TPSA) is 127 Å². The van der Waals surface area contributed by atoms with Crippen LogP contribution in [0.1, 0.15) is 29.8 Å². The van der Waals surface area contributed by atoms with E-state index in [1.54, 1.807) is 26.0 Å². The molecule has 0 aliphatic rings. The predicted octanol–water partition coefficient (Wildman–Crippen LogP) is 6.26. The Labute approximate surface area is 216 Å². The number of fused-ring (bicyclic) bond motifs is 1. The second-order valence-corrected chi connectivity index (χ2v) is 8.97. The number of carbonyl (C=O) groups is 2. The molecule has 0 aliphatic carbocycles. The third-order valence-electron chi connectivity index (χ3n) is 5.92. The highest BCUT2D eigenvalue weighted by molar-refractivity contribution is 7.00. The lowest BCUT2D eigenvalue weighted by molar-refractivity contribution is -0.136. The monoisotopic (exact) mass is 514 g/mol. The fourth-order valence-electron chi connectivity index (χ4n) is 4.04. The first-order valence-corrected chi connectivity index (χ1v) is 12.2. The third kappa shape index (κ3) is 5.05. The van der Waals surface area contributed by atoms with Crippen LogP contribution in [-0.2, 0) is 16.0 Å². The normalized spacial score (nSPS) is 11.8. The molecule has 0 aliphatic heterocycles. The van der Waals surface area contributed by atoms with E-state index >= 15 is 0 Å². The first-order valence-electron chi connectivity index (χ1n) is 11.5. The van der Waals surface area contributed by atoms with Gasteiger partial charge in [-0.1, -0.05) is 65.8 Å². The number of carbonyl (C=O) groups excluding carboxylic acids is 1. The van der Waals surface area contributed by atoms with Gasteiger partial charge in [0.15, 0.2) is 5.76 Å². The highest BCUT2D eigenvalue weighted by Gasteiger charge is 2.23. The van der Waals surface area contributed by atoms with Crippen LogP contribution in [0, 0.1) is 6.92 Å². The van der Waals surface area contributed by atoms with Crippen molar-refractivity contribution >= 4 is 40.5 Å². The van der Waals surface area contributed by atoms with Crippen LogP contribution in [0.4, 0.5) is 10.5 Å². The SMILES string of the molecule is Cc1noc(-c2ccc(-c3ccc(CC(=O)O)cc3)c3nsnc23)c1NC(=O)OC(C)c1ccccc1. The molecular weight excluding hydrogens is 492 g/mol. The molecule has 186 valence electrons. The van der Waals surface area contributed by atoms with E-state index in [0.717, 1.165) is 28.4 Å². The molecule has 1 atom stereocenters. The minimum absolute atomic E-state index is 0.0416. The molecule has 5 rings (SSSR count). The summed E-state index contributed by atoms with van der Waals surface area (Å²) in [4.78, 5) is 23.7. The zero-order valence-electron chi connectivity index (χ0n) is 20.0. The van der Waals surface area contributed by atoms with E-state index in [9.17, 15) is 9.59 Å². The summed E-state index contributed by atoms with van der Waals surface area (Å²) in [6.45, 7) is 3.53. The van der Waals surface area contributed by atoms with Gasteiger partial charge in [0.1, 0.15) is 28.5 Å². The van der Waals surface area contributed by atoms with Crippen LogP contribution in [0.3, 0.4) is 0 Å². The molecule has 9 nitrogen and oxygen atoms in total. The lowest BCUT2D eigenvalue weighted by atomic mass is 9.98. The Balaban J connectivity index is 1.43. The number of rotatable bonds is 7. The number of hydrogen-bond acceptors (Lipinski definition) is 8. The molecule has 5 aromatic rings. The Morgan fingerprint density at radius 3 is 2.38 bits per heavy atom. The maximum atomic E-state index is 12.7. The number of hydrogen-bond donors (Lipinski definition) is 2. The summed E-state index contributed by atoms with van der Waals surface area (Å²) in [6.07, 6.45) is -1.12. The third-order valence-corrected chi connectivity index (χ3v) is 6.45. The highest BCUT2D eigenvalue weighted by atomic mass is 32.1. The number of aromatic nitrogens is 3. The van der Waals surface area contributed by atoms with Gasteiger partial charge in [-0.15, -0.1) is 0 Å². The van der Waals surface area contributed by atoms with Crippen molar-refractivity contribution in [2.75, 3.05) is 5.32 Å². The van der Waals surface area contributed by atoms with Crippen molar-refractivity contribution in [2.24, 2.45) is 0 Å². The van der Waals surface area contributed by atoms with Crippen LogP contribution in [0.2, 0.25) is 0 Å². The molecule has 10 heteroatoms. The summed E-state index contributed by atoms with van der Waals surface area (Å²) in [5.41, 5.74) is 6.08. The van der Waals surface area contributed by atoms with Gasteiger partial charge in [0.2, 0.25) is 0 Å². The highest BCUT2D eigenvalue weighted by Crippen LogP contribution is 2.39. The van der Waals surface area contributed by atoms with Crippen LogP contribution in [-0.4, -0.2) is 31.1 Å². The average molecular weight is 515 g/mol. The second kappa shape index (κ2) is 10.2. The van der Waals surface area contributed by atoms with Gasteiger partial charge < -0.3 is 14.4 Å². The van der Waals surface area contributed by atoms with Gasteiger partial charge in [0.05, 0.1) is 23.7 Å². The van der Waals surface area contributed by atoms with Gasteiger partial charge in [-0.05, 0) is 36.6 Å². The number of ether oxygens (including phenoxy) is 1. The lowest BCUT2D eigenvalue weighted by Gasteiger charge is -2.14. The summed E-state index contributed by atoms with van der Waals surface area (Å²) in [6, 6.07) is 20.5. The molecule has 1 unspecified atom stereocenters. The fourth-order valence-corrected chi connectivity index (χ4v) is 4.62. The molecule has 0 saturated heterocycles. The molecule has 37 heavy (non-hydrogen) atoms. The van der Waals surface area contributed by atoms with E-state index in [1.165, 1.54) is 0 Å². The van der Waals surface area contributed by atoms with Crippen molar-refractivity contribution in [3.63, 3.8) is 0 Å². The first-order chi connectivity index (χ1) is 17.9. The number of benzene rings is 3. The minimum atomic E-state index is -0.881. The Hall–Kier alpha value is -4.57. The first kappa shape index (κ1) is 24.1. The van der Waals surface area contributed by atoms with E-state index in [1.807, 2.05) is 54.6 Å². The number of anilines is 1. The molecule has 2 aromatic heterocycles. The van der Waals surface area contributed by atoms with E-state index < -0.39 is 18.2 Å². The number of carboxylic acids is 1. The minimum Gasteiger partial charge on any atom is -0.481 e. The number of aryl methyl sites for hydroxylation is 1. The van der Waals surface area contributed by atoms with Crippen LogP contribution in [0.25, 0.3) is 33.5 Å². The van der Waals surface area contributed by atoms with Crippen molar-refractivity contribution in [3.05, 3.63) is 83.6 Å². The van der Waals surface area contributed by atoms with E-state index in [-0.39, 0.29) is 6.42 Å². The van der Waals surface area contributed by atoms with Crippen LogP contribution in [0.5, 0.6) is 0 Å². The van der Waals surface area contributed by atoms with Gasteiger partial charge in [-0.3, -0.25) is 10.1 Å². The van der Waals surface area contributed by atoms with E-state index in [0.29, 0.717) is 39.3 Å². The molecule has 1 amide bonds. The largest absolute Gasteiger partial charge is 0.481 e. The Bertz CT molecular complexity index is 1580. The van der Waals surface area contributed by atoms with Gasteiger partial charge in [-0.25, -0.2) is 4.79 Å². The van der Waals surface area contributed by atoms with E-state index in [2.05, 4.69) is 19.2 Å². The fraction of sp³-hybridized carbons (Fsp3) is 0.148. The second-order valence-electron chi connectivity index (χ2n) is 8.44. The molecule has 0 spiro atoms. The summed E-state index contributed by atoms with van der Waals surface area (Å²) in [5.74, 6) is -0.531. The molecular formula is C27H22N4O5S. The van der Waals surface area contributed by atoms with Crippen molar-refractivity contribution in [3.8, 4) is 22.5 Å². The molecule has 0 radical (unpaired) electrons. The zero-order chi connectivity index (χ0) is 25.9. The maximum Gasteiger partial charge on any atom is 0.412 e. The Morgan fingerprint density at radius 1 is 1.00 bits per heavy atom. The van der Waals surface area contributed by atoms with Gasteiger partial charge in [0.25, 0.3) is 0 Å². The van der Waals surface area contributed by atoms with Gasteiger partial charge >= 0.3 is 12.1 Å².